The van der Waals surface area contributed by atoms with Crippen molar-refractivity contribution in [3.05, 3.63) is 66.6 Å². The second-order valence-electron chi connectivity index (χ2n) is 4.64. The fraction of sp³-hybridized carbons (Fsp3) is 0.133. The molecule has 0 aliphatic carbocycles. The Morgan fingerprint density at radius 3 is 2.55 bits per heavy atom. The van der Waals surface area contributed by atoms with Gasteiger partial charge in [0.1, 0.15) is 24.5 Å². The van der Waals surface area contributed by atoms with Crippen molar-refractivity contribution in [3.8, 4) is 5.69 Å². The van der Waals surface area contributed by atoms with E-state index in [1.54, 1.807) is 53.6 Å². The molecule has 0 spiro atoms. The SMILES string of the molecule is O=C(NC(CO)c1ccco1)c1ccc(-n2cnnc2)cc1. The Morgan fingerprint density at radius 2 is 1.95 bits per heavy atom. The third-order valence-corrected chi connectivity index (χ3v) is 3.22. The van der Waals surface area contributed by atoms with Gasteiger partial charge in [-0.2, -0.15) is 0 Å². The molecule has 0 fully saturated rings. The van der Waals surface area contributed by atoms with Crippen LogP contribution < -0.4 is 5.32 Å². The van der Waals surface area contributed by atoms with Gasteiger partial charge in [0, 0.05) is 11.3 Å². The third-order valence-electron chi connectivity index (χ3n) is 3.22. The minimum Gasteiger partial charge on any atom is -0.467 e. The monoisotopic (exact) mass is 298 g/mol. The van der Waals surface area contributed by atoms with Crippen LogP contribution in [0.4, 0.5) is 0 Å². The van der Waals surface area contributed by atoms with E-state index in [4.69, 9.17) is 4.42 Å². The number of aromatic nitrogens is 3. The second kappa shape index (κ2) is 6.23. The molecule has 1 atom stereocenters. The molecule has 0 aliphatic heterocycles. The molecule has 1 amide bonds. The van der Waals surface area contributed by atoms with Crippen molar-refractivity contribution in [1.82, 2.24) is 20.1 Å². The van der Waals surface area contributed by atoms with Gasteiger partial charge in [0.25, 0.3) is 5.91 Å². The molecule has 0 saturated carbocycles. The zero-order chi connectivity index (χ0) is 15.4. The third kappa shape index (κ3) is 2.89. The number of amides is 1. The largest absolute Gasteiger partial charge is 0.467 e. The smallest absolute Gasteiger partial charge is 0.251 e. The molecule has 7 nitrogen and oxygen atoms in total. The van der Waals surface area contributed by atoms with Gasteiger partial charge in [0.2, 0.25) is 0 Å². The lowest BCUT2D eigenvalue weighted by Crippen LogP contribution is -2.30. The van der Waals surface area contributed by atoms with Crippen molar-refractivity contribution in [1.29, 1.82) is 0 Å². The van der Waals surface area contributed by atoms with E-state index in [9.17, 15) is 9.90 Å². The molecule has 3 aromatic rings. The molecule has 1 aromatic carbocycles. The van der Waals surface area contributed by atoms with Crippen LogP contribution in [0.15, 0.2) is 59.7 Å². The van der Waals surface area contributed by atoms with Gasteiger partial charge in [-0.15, -0.1) is 10.2 Å². The van der Waals surface area contributed by atoms with Crippen LogP contribution >= 0.6 is 0 Å². The van der Waals surface area contributed by atoms with Gasteiger partial charge < -0.3 is 14.8 Å². The predicted molar refractivity (Wildman–Crippen MR) is 77.4 cm³/mol. The molecule has 0 bridgehead atoms. The van der Waals surface area contributed by atoms with Gasteiger partial charge in [0.15, 0.2) is 0 Å². The van der Waals surface area contributed by atoms with Gasteiger partial charge >= 0.3 is 0 Å². The van der Waals surface area contributed by atoms with Crippen LogP contribution in [0.25, 0.3) is 5.69 Å². The van der Waals surface area contributed by atoms with Crippen molar-refractivity contribution in [3.63, 3.8) is 0 Å². The Morgan fingerprint density at radius 1 is 1.23 bits per heavy atom. The number of nitrogens with one attached hydrogen (secondary N) is 1. The van der Waals surface area contributed by atoms with Gasteiger partial charge in [-0.1, -0.05) is 0 Å². The Hall–Kier alpha value is -2.93. The van der Waals surface area contributed by atoms with E-state index in [0.717, 1.165) is 5.69 Å². The van der Waals surface area contributed by atoms with Crippen LogP contribution in [-0.2, 0) is 0 Å². The predicted octanol–water partition coefficient (Wildman–Crippen LogP) is 1.32. The Bertz CT molecular complexity index is 721. The lowest BCUT2D eigenvalue weighted by molar-refractivity contribution is 0.0907. The standard InChI is InChI=1S/C15H14N4O3/c20-8-13(14-2-1-7-22-14)18-15(21)11-3-5-12(6-4-11)19-9-16-17-10-19/h1-7,9-10,13,20H,8H2,(H,18,21). The summed E-state index contributed by atoms with van der Waals surface area (Å²) in [7, 11) is 0. The van der Waals surface area contributed by atoms with Crippen LogP contribution in [-0.4, -0.2) is 32.4 Å². The maximum atomic E-state index is 12.2. The molecule has 2 heterocycles. The van der Waals surface area contributed by atoms with Crippen LogP contribution in [0.3, 0.4) is 0 Å². The van der Waals surface area contributed by atoms with E-state index in [2.05, 4.69) is 15.5 Å². The summed E-state index contributed by atoms with van der Waals surface area (Å²) in [5.74, 6) is 0.225. The van der Waals surface area contributed by atoms with Crippen LogP contribution in [0.5, 0.6) is 0 Å². The van der Waals surface area contributed by atoms with Gasteiger partial charge in [0.05, 0.1) is 12.9 Å². The van der Waals surface area contributed by atoms with Crippen molar-refractivity contribution in [2.75, 3.05) is 6.61 Å². The summed E-state index contributed by atoms with van der Waals surface area (Å²) >= 11 is 0. The lowest BCUT2D eigenvalue weighted by atomic mass is 10.1. The summed E-state index contributed by atoms with van der Waals surface area (Å²) in [6.07, 6.45) is 4.65. The first-order chi connectivity index (χ1) is 10.8. The average Bonchev–Trinajstić information content (AvgIpc) is 3.25. The number of nitrogens with zero attached hydrogens (tertiary/aromatic N) is 3. The Balaban J connectivity index is 1.72. The molecule has 2 N–H and O–H groups in total. The zero-order valence-corrected chi connectivity index (χ0v) is 11.6. The van der Waals surface area contributed by atoms with Crippen molar-refractivity contribution in [2.45, 2.75) is 6.04 Å². The normalized spacial score (nSPS) is 12.0. The summed E-state index contributed by atoms with van der Waals surface area (Å²) < 4.78 is 6.94. The highest BCUT2D eigenvalue weighted by Crippen LogP contribution is 2.14. The Kier molecular flexibility index (Phi) is 3.97. The molecule has 112 valence electrons. The summed E-state index contributed by atoms with van der Waals surface area (Å²) in [5.41, 5.74) is 1.34. The molecule has 2 aromatic heterocycles. The Labute approximate surface area is 126 Å². The molecule has 0 radical (unpaired) electrons. The number of hydrogen-bond acceptors (Lipinski definition) is 5. The van der Waals surface area contributed by atoms with Crippen molar-refractivity contribution < 1.29 is 14.3 Å². The topological polar surface area (TPSA) is 93.2 Å². The van der Waals surface area contributed by atoms with Crippen molar-refractivity contribution in [2.24, 2.45) is 0 Å². The van der Waals surface area contributed by atoms with E-state index in [1.807, 2.05) is 0 Å². The van der Waals surface area contributed by atoms with Crippen molar-refractivity contribution >= 4 is 5.91 Å². The molecule has 1 unspecified atom stereocenters. The molecule has 0 saturated heterocycles. The average molecular weight is 298 g/mol. The zero-order valence-electron chi connectivity index (χ0n) is 11.6. The lowest BCUT2D eigenvalue weighted by Gasteiger charge is -2.14. The first-order valence-electron chi connectivity index (χ1n) is 6.68. The number of rotatable bonds is 5. The fourth-order valence-electron chi connectivity index (χ4n) is 2.06. The summed E-state index contributed by atoms with van der Waals surface area (Å²) in [4.78, 5) is 12.2. The van der Waals surface area contributed by atoms with E-state index < -0.39 is 6.04 Å². The second-order valence-corrected chi connectivity index (χ2v) is 4.64. The first kappa shape index (κ1) is 14.0. The number of furan rings is 1. The van der Waals surface area contributed by atoms with Crippen LogP contribution in [0, 0.1) is 0 Å². The molecular formula is C15H14N4O3. The number of carbonyl (C=O) groups excluding carboxylic acids is 1. The first-order valence-corrected chi connectivity index (χ1v) is 6.68. The number of aliphatic hydroxyl groups excluding tert-OH is 1. The van der Waals surface area contributed by atoms with E-state index in [0.29, 0.717) is 11.3 Å². The van der Waals surface area contributed by atoms with Gasteiger partial charge in [-0.05, 0) is 36.4 Å². The highest BCUT2D eigenvalue weighted by atomic mass is 16.3. The fourth-order valence-corrected chi connectivity index (χ4v) is 2.06. The van der Waals surface area contributed by atoms with E-state index in [1.165, 1.54) is 6.26 Å². The number of benzene rings is 1. The molecule has 7 heteroatoms. The minimum absolute atomic E-state index is 0.238. The van der Waals surface area contributed by atoms with Gasteiger partial charge in [-0.3, -0.25) is 9.36 Å². The minimum atomic E-state index is -0.569. The highest BCUT2D eigenvalue weighted by Gasteiger charge is 2.17. The highest BCUT2D eigenvalue weighted by molar-refractivity contribution is 5.94. The molecule has 22 heavy (non-hydrogen) atoms. The van der Waals surface area contributed by atoms with Gasteiger partial charge in [-0.25, -0.2) is 0 Å². The maximum absolute atomic E-state index is 12.2. The van der Waals surface area contributed by atoms with Crippen LogP contribution in [0.2, 0.25) is 0 Å². The summed E-state index contributed by atoms with van der Waals surface area (Å²) in [6, 6.07) is 9.81. The van der Waals surface area contributed by atoms with E-state index >= 15 is 0 Å². The molecule has 0 aliphatic rings. The summed E-state index contributed by atoms with van der Waals surface area (Å²) in [5, 5.41) is 19.6. The number of aliphatic hydroxyl groups is 1. The summed E-state index contributed by atoms with van der Waals surface area (Å²) in [6.45, 7) is -0.238. The molecular weight excluding hydrogens is 284 g/mol. The molecule has 3 rings (SSSR count). The number of carbonyl (C=O) groups is 1. The quantitative estimate of drug-likeness (QED) is 0.741. The maximum Gasteiger partial charge on any atom is 0.251 e. The van der Waals surface area contributed by atoms with E-state index in [-0.39, 0.29) is 12.5 Å². The van der Waals surface area contributed by atoms with Crippen LogP contribution in [0.1, 0.15) is 22.2 Å². The number of hydrogen-bond donors (Lipinski definition) is 2.